The van der Waals surface area contributed by atoms with Crippen molar-refractivity contribution in [3.63, 3.8) is 0 Å². The molecule has 2 aromatic carbocycles. The maximum absolute atomic E-state index is 15.0. The lowest BCUT2D eigenvalue weighted by atomic mass is 10.2. The molecule has 39 heavy (non-hydrogen) atoms. The Morgan fingerprint density at radius 2 is 1.82 bits per heavy atom. The van der Waals surface area contributed by atoms with Crippen LogP contribution in [-0.4, -0.2) is 25.0 Å². The van der Waals surface area contributed by atoms with Crippen LogP contribution in [-0.2, 0) is 0 Å². The number of fused-ring (bicyclic) bond motifs is 1. The van der Waals surface area contributed by atoms with E-state index in [4.69, 9.17) is 4.74 Å². The fourth-order valence-corrected chi connectivity index (χ4v) is 4.47. The molecule has 0 saturated carbocycles. The highest BCUT2D eigenvalue weighted by Gasteiger charge is 2.21. The smallest absolute Gasteiger partial charge is 0.335 e. The second kappa shape index (κ2) is 10.3. The lowest BCUT2D eigenvalue weighted by molar-refractivity contribution is 0.102. The molecule has 0 aliphatic rings. The third-order valence-corrected chi connectivity index (χ3v) is 6.52. The van der Waals surface area contributed by atoms with E-state index >= 15 is 0 Å². The zero-order chi connectivity index (χ0) is 27.8. The summed E-state index contributed by atoms with van der Waals surface area (Å²) in [4.78, 5) is 46.5. The largest absolute Gasteiger partial charge is 0.453 e. The zero-order valence-corrected chi connectivity index (χ0v) is 22.1. The molecule has 0 spiro atoms. The van der Waals surface area contributed by atoms with Crippen molar-refractivity contribution in [2.75, 3.05) is 5.32 Å². The highest BCUT2D eigenvalue weighted by atomic mass is 79.9. The third kappa shape index (κ3) is 4.98. The summed E-state index contributed by atoms with van der Waals surface area (Å²) in [5, 5.41) is 3.12. The Labute approximate surface area is 227 Å². The molecule has 1 amide bonds. The van der Waals surface area contributed by atoms with E-state index in [0.29, 0.717) is 21.3 Å². The lowest BCUT2D eigenvalue weighted by Crippen LogP contribution is -2.42. The van der Waals surface area contributed by atoms with Crippen molar-refractivity contribution in [2.24, 2.45) is 0 Å². The Bertz CT molecular complexity index is 1840. The molecule has 0 radical (unpaired) electrons. The topological polar surface area (TPSA) is 111 Å². The summed E-state index contributed by atoms with van der Waals surface area (Å²) in [5.41, 5.74) is -1.24. The minimum atomic E-state index is -0.903. The number of hydrogen-bond donors (Lipinski definition) is 2. The van der Waals surface area contributed by atoms with Crippen LogP contribution in [0, 0.1) is 11.6 Å². The molecule has 198 valence electrons. The van der Waals surface area contributed by atoms with Crippen LogP contribution in [0.4, 0.5) is 14.5 Å². The molecule has 3 aromatic heterocycles. The van der Waals surface area contributed by atoms with Gasteiger partial charge in [-0.3, -0.25) is 14.2 Å². The summed E-state index contributed by atoms with van der Waals surface area (Å²) in [6.07, 6.45) is 4.36. The predicted molar refractivity (Wildman–Crippen MR) is 145 cm³/mol. The number of rotatable bonds is 6. The van der Waals surface area contributed by atoms with E-state index < -0.39 is 34.8 Å². The van der Waals surface area contributed by atoms with Crippen LogP contribution in [0.15, 0.2) is 81.2 Å². The molecule has 0 bridgehead atoms. The summed E-state index contributed by atoms with van der Waals surface area (Å²) in [7, 11) is 0. The van der Waals surface area contributed by atoms with Gasteiger partial charge in [-0.2, -0.15) is 0 Å². The molecular weight excluding hydrogens is 576 g/mol. The molecule has 5 rings (SSSR count). The number of H-pyrrole nitrogens is 1. The van der Waals surface area contributed by atoms with Crippen molar-refractivity contribution in [1.29, 1.82) is 0 Å². The number of nitrogens with zero attached hydrogens (tertiary/aromatic N) is 3. The average molecular weight is 596 g/mol. The molecular formula is C27H20BrF2N5O4. The number of halogens is 3. The van der Waals surface area contributed by atoms with Gasteiger partial charge in [0, 0.05) is 40.9 Å². The molecule has 0 fully saturated rings. The quantitative estimate of drug-likeness (QED) is 0.268. The first-order valence-electron chi connectivity index (χ1n) is 11.7. The molecule has 12 heteroatoms. The predicted octanol–water partition coefficient (Wildman–Crippen LogP) is 5.54. The van der Waals surface area contributed by atoms with E-state index in [2.05, 4.69) is 31.2 Å². The molecule has 0 atom stereocenters. The van der Waals surface area contributed by atoms with Gasteiger partial charge in [0.15, 0.2) is 11.6 Å². The molecule has 2 N–H and O–H groups in total. The average Bonchev–Trinajstić information content (AvgIpc) is 3.28. The maximum Gasteiger partial charge on any atom is 0.335 e. The van der Waals surface area contributed by atoms with Crippen LogP contribution in [0.3, 0.4) is 0 Å². The van der Waals surface area contributed by atoms with Gasteiger partial charge in [0.05, 0.1) is 11.1 Å². The van der Waals surface area contributed by atoms with Gasteiger partial charge in [-0.1, -0.05) is 0 Å². The van der Waals surface area contributed by atoms with Crippen molar-refractivity contribution >= 4 is 38.6 Å². The van der Waals surface area contributed by atoms with Gasteiger partial charge < -0.3 is 15.0 Å². The van der Waals surface area contributed by atoms with Crippen molar-refractivity contribution in [2.45, 2.75) is 19.9 Å². The number of anilines is 1. The second-order valence-corrected chi connectivity index (χ2v) is 9.67. The van der Waals surface area contributed by atoms with E-state index in [1.54, 1.807) is 26.1 Å². The van der Waals surface area contributed by atoms with Crippen molar-refractivity contribution in [1.82, 2.24) is 19.1 Å². The second-order valence-electron chi connectivity index (χ2n) is 8.81. The Hall–Kier alpha value is -4.58. The van der Waals surface area contributed by atoms with Crippen molar-refractivity contribution < 1.29 is 18.3 Å². The molecule has 3 heterocycles. The highest BCUT2D eigenvalue weighted by Crippen LogP contribution is 2.35. The molecule has 0 aliphatic carbocycles. The van der Waals surface area contributed by atoms with Crippen molar-refractivity contribution in [3.05, 3.63) is 110 Å². The molecule has 9 nitrogen and oxygen atoms in total. The first-order valence-corrected chi connectivity index (χ1v) is 12.5. The standard InChI is InChI=1S/C27H20BrF2N5O4/c1-14(2)34-13-18(26(37)35(27(34)38)17-6-3-15(29)4-7-17)25(36)33-16-5-8-21(20(30)11-16)39-22-9-10-31-24-23(22)19(28)12-32-24/h3-14H,1-2H3,(H,31,32)(H,33,36). The number of nitrogens with one attached hydrogen (secondary N) is 2. The first-order chi connectivity index (χ1) is 18.6. The van der Waals surface area contributed by atoms with E-state index in [1.165, 1.54) is 35.0 Å². The van der Waals surface area contributed by atoms with Crippen LogP contribution < -0.4 is 21.3 Å². The normalized spacial score (nSPS) is 11.2. The summed E-state index contributed by atoms with van der Waals surface area (Å²) in [6, 6.07) is 9.73. The molecule has 0 unspecified atom stereocenters. The first kappa shape index (κ1) is 26.0. The number of hydrogen-bond acceptors (Lipinski definition) is 5. The molecule has 0 aliphatic heterocycles. The Morgan fingerprint density at radius 1 is 1.08 bits per heavy atom. The third-order valence-electron chi connectivity index (χ3n) is 5.90. The molecule has 5 aromatic rings. The van der Waals surface area contributed by atoms with Gasteiger partial charge in [-0.15, -0.1) is 0 Å². The minimum absolute atomic E-state index is 0.0579. The van der Waals surface area contributed by atoms with Crippen molar-refractivity contribution in [3.8, 4) is 17.2 Å². The van der Waals surface area contributed by atoms with Gasteiger partial charge >= 0.3 is 5.69 Å². The summed E-state index contributed by atoms with van der Waals surface area (Å²) >= 11 is 3.40. The van der Waals surface area contributed by atoms with Crippen LogP contribution in [0.25, 0.3) is 16.7 Å². The summed E-state index contributed by atoms with van der Waals surface area (Å²) < 4.78 is 36.9. The Morgan fingerprint density at radius 3 is 2.51 bits per heavy atom. The van der Waals surface area contributed by atoms with E-state index in [9.17, 15) is 23.2 Å². The van der Waals surface area contributed by atoms with Gasteiger partial charge in [0.2, 0.25) is 0 Å². The number of ether oxygens (including phenoxy) is 1. The Kier molecular flexibility index (Phi) is 6.87. The number of carbonyl (C=O) groups excluding carboxylic acids is 1. The SMILES string of the molecule is CC(C)n1cc(C(=O)Nc2ccc(Oc3ccnc4[nH]cc(Br)c34)c(F)c2)c(=O)n(-c2ccc(F)cc2)c1=O. The Balaban J connectivity index is 1.46. The number of amides is 1. The fraction of sp³-hybridized carbons (Fsp3) is 0.111. The van der Waals surface area contributed by atoms with Crippen LogP contribution >= 0.6 is 15.9 Å². The summed E-state index contributed by atoms with van der Waals surface area (Å²) in [5.74, 6) is -1.90. The maximum atomic E-state index is 15.0. The fourth-order valence-electron chi connectivity index (χ4n) is 3.97. The number of aromatic nitrogens is 4. The zero-order valence-electron chi connectivity index (χ0n) is 20.5. The summed E-state index contributed by atoms with van der Waals surface area (Å²) in [6.45, 7) is 3.42. The van der Waals surface area contributed by atoms with Gasteiger partial charge in [0.1, 0.15) is 22.8 Å². The van der Waals surface area contributed by atoms with E-state index in [1.807, 2.05) is 0 Å². The number of benzene rings is 2. The van der Waals surface area contributed by atoms with Gasteiger partial charge in [-0.05, 0) is 72.2 Å². The molecule has 0 saturated heterocycles. The van der Waals surface area contributed by atoms with Gasteiger partial charge in [-0.25, -0.2) is 23.1 Å². The van der Waals surface area contributed by atoms with Crippen LogP contribution in [0.2, 0.25) is 0 Å². The number of pyridine rings is 1. The van der Waals surface area contributed by atoms with Crippen LogP contribution in [0.5, 0.6) is 11.5 Å². The van der Waals surface area contributed by atoms with Crippen LogP contribution in [0.1, 0.15) is 30.2 Å². The van der Waals surface area contributed by atoms with E-state index in [-0.39, 0.29) is 22.7 Å². The van der Waals surface area contributed by atoms with Gasteiger partial charge in [0.25, 0.3) is 11.5 Å². The minimum Gasteiger partial charge on any atom is -0.453 e. The number of aromatic amines is 1. The van der Waals surface area contributed by atoms with E-state index in [0.717, 1.165) is 29.0 Å². The monoisotopic (exact) mass is 595 g/mol. The lowest BCUT2D eigenvalue weighted by Gasteiger charge is -2.16. The number of carbonyl (C=O) groups is 1. The highest BCUT2D eigenvalue weighted by molar-refractivity contribution is 9.10.